The molecule has 0 saturated heterocycles. The first-order chi connectivity index (χ1) is 6.58. The molecule has 2 aromatic rings. The molecule has 0 aliphatic carbocycles. The number of nitrogen functional groups attached to an aromatic ring is 1. The van der Waals surface area contributed by atoms with E-state index in [1.54, 1.807) is 6.07 Å². The lowest BCUT2D eigenvalue weighted by molar-refractivity contribution is 0.0691. The highest BCUT2D eigenvalue weighted by atomic mass is 79.9. The van der Waals surface area contributed by atoms with Crippen LogP contribution in [0.25, 0.3) is 11.0 Å². The van der Waals surface area contributed by atoms with Gasteiger partial charge < -0.3 is 15.8 Å². The summed E-state index contributed by atoms with van der Waals surface area (Å²) in [6.07, 6.45) is 0. The third-order valence-corrected chi connectivity index (χ3v) is 2.45. The van der Waals surface area contributed by atoms with Gasteiger partial charge in [0.15, 0.2) is 0 Å². The number of nitrogens with zero attached hydrogens (tertiary/aromatic N) is 1. The van der Waals surface area contributed by atoms with Gasteiger partial charge >= 0.3 is 5.97 Å². The third-order valence-electron chi connectivity index (χ3n) is 1.82. The predicted octanol–water partition coefficient (Wildman–Crippen LogP) is 1.61. The second kappa shape index (κ2) is 2.98. The van der Waals surface area contributed by atoms with Crippen molar-refractivity contribution < 1.29 is 9.90 Å². The van der Waals surface area contributed by atoms with Crippen LogP contribution < -0.4 is 5.73 Å². The van der Waals surface area contributed by atoms with Crippen molar-refractivity contribution in [2.75, 3.05) is 5.73 Å². The molecule has 4 N–H and O–H groups in total. The lowest BCUT2D eigenvalue weighted by atomic mass is 10.3. The summed E-state index contributed by atoms with van der Waals surface area (Å²) in [5.41, 5.74) is 6.69. The van der Waals surface area contributed by atoms with Crippen LogP contribution in [0, 0.1) is 0 Å². The van der Waals surface area contributed by atoms with Crippen LogP contribution in [-0.4, -0.2) is 21.0 Å². The maximum Gasteiger partial charge on any atom is 0.352 e. The Balaban J connectivity index is 2.72. The zero-order chi connectivity index (χ0) is 10.3. The van der Waals surface area contributed by atoms with Gasteiger partial charge in [-0.2, -0.15) is 0 Å². The van der Waals surface area contributed by atoms with Crippen molar-refractivity contribution in [3.63, 3.8) is 0 Å². The summed E-state index contributed by atoms with van der Waals surface area (Å²) in [5, 5.41) is 9.41. The molecule has 0 spiro atoms. The van der Waals surface area contributed by atoms with Crippen molar-refractivity contribution >= 4 is 38.6 Å². The molecule has 0 aliphatic rings. The molecule has 5 nitrogen and oxygen atoms in total. The Kier molecular flexibility index (Phi) is 1.92. The minimum absolute atomic E-state index is 0.102. The number of carbonyl (C=O) groups is 1. The zero-order valence-electron chi connectivity index (χ0n) is 6.91. The fourth-order valence-corrected chi connectivity index (χ4v) is 1.46. The fraction of sp³-hybridized carbons (Fsp3) is 0. The van der Waals surface area contributed by atoms with Crippen molar-refractivity contribution in [1.82, 2.24) is 9.97 Å². The van der Waals surface area contributed by atoms with Gasteiger partial charge in [0.1, 0.15) is 15.9 Å². The molecule has 72 valence electrons. The maximum absolute atomic E-state index is 10.6. The number of aromatic amines is 1. The smallest absolute Gasteiger partial charge is 0.352 e. The number of nitrogens with one attached hydrogen (secondary N) is 1. The van der Waals surface area contributed by atoms with Crippen LogP contribution in [0.4, 0.5) is 5.69 Å². The molecule has 2 rings (SSSR count). The number of fused-ring (bicyclic) bond motifs is 1. The highest BCUT2D eigenvalue weighted by molar-refractivity contribution is 9.10. The summed E-state index contributed by atoms with van der Waals surface area (Å²) in [6.45, 7) is 0. The van der Waals surface area contributed by atoms with E-state index in [2.05, 4.69) is 25.9 Å². The topological polar surface area (TPSA) is 92.0 Å². The largest absolute Gasteiger partial charge is 0.477 e. The number of rotatable bonds is 1. The first-order valence-electron chi connectivity index (χ1n) is 3.76. The first kappa shape index (κ1) is 9.01. The Morgan fingerprint density at radius 2 is 2.29 bits per heavy atom. The molecule has 0 radical (unpaired) electrons. The van der Waals surface area contributed by atoms with Gasteiger partial charge in [-0.3, -0.25) is 0 Å². The predicted molar refractivity (Wildman–Crippen MR) is 55.2 cm³/mol. The van der Waals surface area contributed by atoms with E-state index in [4.69, 9.17) is 10.8 Å². The molecule has 6 heteroatoms. The summed E-state index contributed by atoms with van der Waals surface area (Å²) in [6, 6.07) is 3.16. The molecule has 0 fully saturated rings. The zero-order valence-corrected chi connectivity index (χ0v) is 8.50. The second-order valence-electron chi connectivity index (χ2n) is 2.79. The van der Waals surface area contributed by atoms with Gasteiger partial charge in [0.05, 0.1) is 5.69 Å². The normalized spacial score (nSPS) is 10.6. The molecule has 14 heavy (non-hydrogen) atoms. The minimum atomic E-state index is -1.02. The molecule has 2 heterocycles. The molecular weight excluding hydrogens is 250 g/mol. The van der Waals surface area contributed by atoms with Crippen LogP contribution in [0.15, 0.2) is 16.7 Å². The summed E-state index contributed by atoms with van der Waals surface area (Å²) in [7, 11) is 0. The summed E-state index contributed by atoms with van der Waals surface area (Å²) in [4.78, 5) is 17.4. The van der Waals surface area contributed by atoms with E-state index in [1.807, 2.05) is 0 Å². The van der Waals surface area contributed by atoms with E-state index < -0.39 is 5.97 Å². The maximum atomic E-state index is 10.6. The van der Waals surface area contributed by atoms with Crippen LogP contribution in [-0.2, 0) is 0 Å². The monoisotopic (exact) mass is 255 g/mol. The number of carboxylic acid groups (broad SMARTS) is 1. The number of anilines is 1. The highest BCUT2D eigenvalue weighted by Crippen LogP contribution is 2.22. The quantitative estimate of drug-likeness (QED) is 0.676. The molecule has 0 atom stereocenters. The molecule has 0 saturated carbocycles. The lowest BCUT2D eigenvalue weighted by Crippen LogP contribution is -1.95. The van der Waals surface area contributed by atoms with Crippen molar-refractivity contribution in [2.45, 2.75) is 0 Å². The van der Waals surface area contributed by atoms with E-state index in [0.29, 0.717) is 21.3 Å². The SMILES string of the molecule is Nc1cc2cc(C(=O)O)[nH]c2nc1Br. The molecule has 0 amide bonds. The van der Waals surface area contributed by atoms with Gasteiger partial charge in [-0.25, -0.2) is 9.78 Å². The number of halogens is 1. The van der Waals surface area contributed by atoms with Crippen LogP contribution in [0.5, 0.6) is 0 Å². The van der Waals surface area contributed by atoms with Gasteiger partial charge in [-0.1, -0.05) is 0 Å². The second-order valence-corrected chi connectivity index (χ2v) is 3.55. The average Bonchev–Trinajstić information content (AvgIpc) is 2.48. The number of carboxylic acids is 1. The Morgan fingerprint density at radius 1 is 1.57 bits per heavy atom. The lowest BCUT2D eigenvalue weighted by Gasteiger charge is -1.95. The van der Waals surface area contributed by atoms with E-state index in [9.17, 15) is 4.79 Å². The van der Waals surface area contributed by atoms with E-state index in [0.717, 1.165) is 0 Å². The van der Waals surface area contributed by atoms with Crippen molar-refractivity contribution in [2.24, 2.45) is 0 Å². The van der Waals surface area contributed by atoms with Crippen LogP contribution in [0.1, 0.15) is 10.5 Å². The average molecular weight is 256 g/mol. The number of H-pyrrole nitrogens is 1. The van der Waals surface area contributed by atoms with Crippen LogP contribution in [0.2, 0.25) is 0 Å². The number of aromatic carboxylic acids is 1. The number of hydrogen-bond donors (Lipinski definition) is 3. The standard InChI is InChI=1S/C8H6BrN3O2/c9-6-4(10)1-3-2-5(8(13)14)11-7(3)12-6/h1-2H,10H2,(H,11,12)(H,13,14). The van der Waals surface area contributed by atoms with Gasteiger partial charge in [-0.15, -0.1) is 0 Å². The highest BCUT2D eigenvalue weighted by Gasteiger charge is 2.09. The number of pyridine rings is 1. The Morgan fingerprint density at radius 3 is 2.93 bits per heavy atom. The minimum Gasteiger partial charge on any atom is -0.477 e. The van der Waals surface area contributed by atoms with Crippen molar-refractivity contribution in [3.05, 3.63) is 22.4 Å². The summed E-state index contributed by atoms with van der Waals surface area (Å²) >= 11 is 3.16. The van der Waals surface area contributed by atoms with Crippen molar-refractivity contribution in [3.8, 4) is 0 Å². The third kappa shape index (κ3) is 1.33. The Labute approximate surface area is 87.1 Å². The van der Waals surface area contributed by atoms with E-state index in [-0.39, 0.29) is 5.69 Å². The molecular formula is C8H6BrN3O2. The fourth-order valence-electron chi connectivity index (χ4n) is 1.17. The van der Waals surface area contributed by atoms with E-state index in [1.165, 1.54) is 6.07 Å². The number of aromatic nitrogens is 2. The Hall–Kier alpha value is -1.56. The molecule has 0 aliphatic heterocycles. The summed E-state index contributed by atoms with van der Waals surface area (Å²) < 4.78 is 0.504. The molecule has 2 aromatic heterocycles. The molecule has 0 aromatic carbocycles. The first-order valence-corrected chi connectivity index (χ1v) is 4.55. The van der Waals surface area contributed by atoms with Crippen molar-refractivity contribution in [1.29, 1.82) is 0 Å². The van der Waals surface area contributed by atoms with E-state index >= 15 is 0 Å². The summed E-state index contributed by atoms with van der Waals surface area (Å²) in [5.74, 6) is -1.02. The Bertz CT molecular complexity index is 482. The number of hydrogen-bond acceptors (Lipinski definition) is 3. The van der Waals surface area contributed by atoms with Gasteiger partial charge in [0.2, 0.25) is 0 Å². The van der Waals surface area contributed by atoms with Crippen LogP contribution >= 0.6 is 15.9 Å². The number of nitrogens with two attached hydrogens (primary N) is 1. The van der Waals surface area contributed by atoms with Crippen LogP contribution in [0.3, 0.4) is 0 Å². The van der Waals surface area contributed by atoms with Gasteiger partial charge in [-0.05, 0) is 28.1 Å². The molecule has 0 unspecified atom stereocenters. The molecule has 0 bridgehead atoms. The van der Waals surface area contributed by atoms with Gasteiger partial charge in [0.25, 0.3) is 0 Å². The van der Waals surface area contributed by atoms with Gasteiger partial charge in [0, 0.05) is 5.39 Å².